The zero-order valence-electron chi connectivity index (χ0n) is 10.2. The summed E-state index contributed by atoms with van der Waals surface area (Å²) in [7, 11) is 0. The van der Waals surface area contributed by atoms with E-state index >= 15 is 0 Å². The van der Waals surface area contributed by atoms with Crippen LogP contribution >= 0.6 is 36.0 Å². The lowest BCUT2D eigenvalue weighted by molar-refractivity contribution is 0.0952. The van der Waals surface area contributed by atoms with Gasteiger partial charge in [-0.05, 0) is 48.7 Å². The molecule has 0 saturated heterocycles. The molecule has 2 aromatic rings. The summed E-state index contributed by atoms with van der Waals surface area (Å²) in [5.41, 5.74) is 0.463. The van der Waals surface area contributed by atoms with Crippen LogP contribution in [0.25, 0.3) is 0 Å². The van der Waals surface area contributed by atoms with Gasteiger partial charge in [0.1, 0.15) is 0 Å². The highest BCUT2D eigenvalue weighted by Gasteiger charge is 2.18. The van der Waals surface area contributed by atoms with Crippen molar-refractivity contribution in [3.63, 3.8) is 0 Å². The Labute approximate surface area is 129 Å². The van der Waals surface area contributed by atoms with Crippen LogP contribution in [0, 0.1) is 9.54 Å². The quantitative estimate of drug-likeness (QED) is 0.817. The number of nitrogens with zero attached hydrogens (tertiary/aromatic N) is 3. The number of aromatic nitrogens is 3. The van der Waals surface area contributed by atoms with Crippen molar-refractivity contribution in [1.29, 1.82) is 0 Å². The molecule has 0 aliphatic carbocycles. The number of hydrogen-bond acceptors (Lipinski definition) is 5. The van der Waals surface area contributed by atoms with Crippen LogP contribution in [-0.4, -0.2) is 26.6 Å². The van der Waals surface area contributed by atoms with Gasteiger partial charge in [-0.2, -0.15) is 4.98 Å². The highest BCUT2D eigenvalue weighted by molar-refractivity contribution is 7.72. The van der Waals surface area contributed by atoms with Gasteiger partial charge in [-0.25, -0.2) is 4.57 Å². The van der Waals surface area contributed by atoms with E-state index in [0.717, 1.165) is 6.54 Å². The molecule has 1 aliphatic heterocycles. The molecule has 0 amide bonds. The van der Waals surface area contributed by atoms with Crippen LogP contribution in [0.1, 0.15) is 10.4 Å². The van der Waals surface area contributed by atoms with Gasteiger partial charge in [0, 0.05) is 23.7 Å². The molecule has 5 nitrogen and oxygen atoms in total. The fourth-order valence-electron chi connectivity index (χ4n) is 2.01. The second kappa shape index (κ2) is 5.08. The molecule has 1 aromatic carbocycles. The summed E-state index contributed by atoms with van der Waals surface area (Å²) < 4.78 is 3.53. The summed E-state index contributed by atoms with van der Waals surface area (Å²) >= 11 is 16.3. The number of nitrogens with one attached hydrogen (secondary N) is 1. The van der Waals surface area contributed by atoms with Crippen LogP contribution in [0.2, 0.25) is 5.02 Å². The van der Waals surface area contributed by atoms with Crippen molar-refractivity contribution in [2.45, 2.75) is 6.54 Å². The number of carbonyl (C=O) groups is 1. The summed E-state index contributed by atoms with van der Waals surface area (Å²) in [5.74, 6) is 0.312. The standard InChI is InChI=1S/C12H9ClN4OS2/c13-8-3-1-7(2-4-8)9(18)17-11(19)15-10-14-5-6-16(10)12(17)20/h1-4H,5-6H2,(H,14,15,19). The van der Waals surface area contributed by atoms with E-state index in [-0.39, 0.29) is 10.7 Å². The average Bonchev–Trinajstić information content (AvgIpc) is 2.87. The number of carbonyl (C=O) groups excluding carboxylic acids is 1. The van der Waals surface area contributed by atoms with Gasteiger partial charge in [0.15, 0.2) is 4.77 Å². The molecular weight excluding hydrogens is 316 g/mol. The van der Waals surface area contributed by atoms with Crippen molar-refractivity contribution < 1.29 is 4.79 Å². The van der Waals surface area contributed by atoms with Crippen molar-refractivity contribution in [3.8, 4) is 0 Å². The zero-order valence-corrected chi connectivity index (χ0v) is 12.6. The molecule has 0 spiro atoms. The number of benzene rings is 1. The number of halogens is 1. The Hall–Kier alpha value is -1.57. The molecule has 0 bridgehead atoms. The van der Waals surface area contributed by atoms with Crippen molar-refractivity contribution in [2.75, 3.05) is 11.9 Å². The van der Waals surface area contributed by atoms with Crippen molar-refractivity contribution in [1.82, 2.24) is 14.1 Å². The van der Waals surface area contributed by atoms with Crippen LogP contribution in [0.15, 0.2) is 24.3 Å². The van der Waals surface area contributed by atoms with E-state index in [9.17, 15) is 4.79 Å². The third-order valence-electron chi connectivity index (χ3n) is 2.98. The maximum atomic E-state index is 12.5. The SMILES string of the molecule is O=C(c1ccc(Cl)cc1)n1c(=S)nc2n(c1=S)CCN2. The normalized spacial score (nSPS) is 12.8. The molecule has 0 radical (unpaired) electrons. The van der Waals surface area contributed by atoms with E-state index in [4.69, 9.17) is 36.0 Å². The fraction of sp³-hybridized carbons (Fsp3) is 0.167. The van der Waals surface area contributed by atoms with Crippen molar-refractivity contribution in [2.24, 2.45) is 0 Å². The van der Waals surface area contributed by atoms with Gasteiger partial charge in [0.2, 0.25) is 10.7 Å². The van der Waals surface area contributed by atoms with Gasteiger partial charge in [-0.3, -0.25) is 9.36 Å². The van der Waals surface area contributed by atoms with E-state index in [1.54, 1.807) is 28.8 Å². The van der Waals surface area contributed by atoms with Gasteiger partial charge >= 0.3 is 0 Å². The zero-order chi connectivity index (χ0) is 14.3. The predicted molar refractivity (Wildman–Crippen MR) is 81.6 cm³/mol. The molecule has 20 heavy (non-hydrogen) atoms. The first-order chi connectivity index (χ1) is 9.58. The molecule has 2 heterocycles. The lowest BCUT2D eigenvalue weighted by atomic mass is 10.2. The molecule has 3 rings (SSSR count). The molecule has 0 fully saturated rings. The van der Waals surface area contributed by atoms with Gasteiger partial charge in [-0.1, -0.05) is 11.6 Å². The van der Waals surface area contributed by atoms with Gasteiger partial charge in [-0.15, -0.1) is 0 Å². The summed E-state index contributed by atoms with van der Waals surface area (Å²) in [6.07, 6.45) is 0. The van der Waals surface area contributed by atoms with E-state index in [2.05, 4.69) is 10.3 Å². The van der Waals surface area contributed by atoms with Crippen molar-refractivity contribution >= 4 is 47.9 Å². The maximum Gasteiger partial charge on any atom is 0.266 e. The van der Waals surface area contributed by atoms with Crippen LogP contribution in [0.5, 0.6) is 0 Å². The number of rotatable bonds is 1. The molecule has 0 saturated carbocycles. The minimum Gasteiger partial charge on any atom is -0.354 e. The van der Waals surface area contributed by atoms with E-state index in [1.807, 2.05) is 0 Å². The Morgan fingerprint density at radius 3 is 2.70 bits per heavy atom. The Morgan fingerprint density at radius 2 is 2.00 bits per heavy atom. The number of anilines is 1. The predicted octanol–water partition coefficient (Wildman–Crippen LogP) is 2.91. The fourth-order valence-corrected chi connectivity index (χ4v) is 2.79. The minimum atomic E-state index is -0.300. The van der Waals surface area contributed by atoms with Gasteiger partial charge < -0.3 is 5.32 Å². The monoisotopic (exact) mass is 324 g/mol. The summed E-state index contributed by atoms with van der Waals surface area (Å²) in [5, 5.41) is 3.64. The molecule has 102 valence electrons. The topological polar surface area (TPSA) is 51.9 Å². The average molecular weight is 325 g/mol. The van der Waals surface area contributed by atoms with E-state index in [1.165, 1.54) is 4.57 Å². The molecule has 0 atom stereocenters. The molecular formula is C12H9ClN4OS2. The Kier molecular flexibility index (Phi) is 3.41. The van der Waals surface area contributed by atoms with Crippen molar-refractivity contribution in [3.05, 3.63) is 44.4 Å². The highest BCUT2D eigenvalue weighted by Crippen LogP contribution is 2.15. The van der Waals surface area contributed by atoms with Crippen LogP contribution in [-0.2, 0) is 6.54 Å². The lowest BCUT2D eigenvalue weighted by Crippen LogP contribution is -2.19. The molecule has 1 aliphatic rings. The first-order valence-electron chi connectivity index (χ1n) is 5.86. The Balaban J connectivity index is 2.16. The van der Waals surface area contributed by atoms with Crippen LogP contribution in [0.3, 0.4) is 0 Å². The lowest BCUT2D eigenvalue weighted by Gasteiger charge is -2.10. The smallest absolute Gasteiger partial charge is 0.266 e. The third kappa shape index (κ3) is 2.17. The van der Waals surface area contributed by atoms with E-state index < -0.39 is 0 Å². The Morgan fingerprint density at radius 1 is 1.30 bits per heavy atom. The summed E-state index contributed by atoms with van der Waals surface area (Å²) in [4.78, 5) is 16.7. The second-order valence-corrected chi connectivity index (χ2v) is 5.39. The van der Waals surface area contributed by atoms with Crippen LogP contribution < -0.4 is 5.32 Å². The molecule has 0 unspecified atom stereocenters. The first kappa shape index (κ1) is 13.4. The summed E-state index contributed by atoms with van der Waals surface area (Å²) in [6, 6.07) is 6.57. The molecule has 8 heteroatoms. The highest BCUT2D eigenvalue weighted by atomic mass is 35.5. The van der Waals surface area contributed by atoms with Gasteiger partial charge in [0.25, 0.3) is 5.91 Å². The van der Waals surface area contributed by atoms with Gasteiger partial charge in [0.05, 0.1) is 0 Å². The summed E-state index contributed by atoms with van der Waals surface area (Å²) in [6.45, 7) is 1.40. The molecule has 1 N–H and O–H groups in total. The minimum absolute atomic E-state index is 0.149. The maximum absolute atomic E-state index is 12.5. The second-order valence-electron chi connectivity index (χ2n) is 4.23. The largest absolute Gasteiger partial charge is 0.354 e. The number of fused-ring (bicyclic) bond motifs is 1. The molecule has 1 aromatic heterocycles. The number of hydrogen-bond donors (Lipinski definition) is 1. The first-order valence-corrected chi connectivity index (χ1v) is 7.05. The van der Waals surface area contributed by atoms with Crippen LogP contribution in [0.4, 0.5) is 5.95 Å². The van der Waals surface area contributed by atoms with E-state index in [0.29, 0.717) is 27.9 Å². The third-order valence-corrected chi connectivity index (χ3v) is 3.91. The Bertz CT molecular complexity index is 810.